The van der Waals surface area contributed by atoms with Gasteiger partial charge in [-0.3, -0.25) is 4.79 Å². The number of hydrogen-bond donors (Lipinski definition) is 1. The van der Waals surface area contributed by atoms with Crippen LogP contribution in [0, 0.1) is 0 Å². The van der Waals surface area contributed by atoms with E-state index in [0.29, 0.717) is 13.1 Å². The third-order valence-corrected chi connectivity index (χ3v) is 2.42. The van der Waals surface area contributed by atoms with E-state index in [1.165, 1.54) is 0 Å². The first kappa shape index (κ1) is 10.5. The number of likely N-dealkylation sites (tertiary alicyclic amines) is 1. The maximum absolute atomic E-state index is 11.7. The monoisotopic (exact) mass is 186 g/mol. The lowest BCUT2D eigenvalue weighted by Gasteiger charge is -2.47. The lowest BCUT2D eigenvalue weighted by molar-refractivity contribution is -0.158. The van der Waals surface area contributed by atoms with Gasteiger partial charge < -0.3 is 15.4 Å². The molecule has 0 aromatic rings. The average Bonchev–Trinajstić information content (AvgIpc) is 1.98. The molecular formula is C9H18N2O2. The van der Waals surface area contributed by atoms with Gasteiger partial charge in [0.2, 0.25) is 0 Å². The van der Waals surface area contributed by atoms with E-state index < -0.39 is 5.60 Å². The van der Waals surface area contributed by atoms with Crippen molar-refractivity contribution < 1.29 is 9.53 Å². The molecule has 76 valence electrons. The van der Waals surface area contributed by atoms with Crippen molar-refractivity contribution in [2.75, 3.05) is 20.2 Å². The highest BCUT2D eigenvalue weighted by Gasteiger charge is 2.43. The number of nitrogens with two attached hydrogens (primary N) is 1. The standard InChI is InChI=1S/C9H18N2O2/c1-8(2,13-4)7(12)11-5-9(3,10)6-11/h5-6,10H2,1-4H3. The molecule has 0 bridgehead atoms. The number of hydrogen-bond acceptors (Lipinski definition) is 3. The van der Waals surface area contributed by atoms with Gasteiger partial charge >= 0.3 is 0 Å². The molecule has 0 atom stereocenters. The Labute approximate surface area is 79.0 Å². The van der Waals surface area contributed by atoms with Crippen LogP contribution in [-0.4, -0.2) is 42.1 Å². The highest BCUT2D eigenvalue weighted by Crippen LogP contribution is 2.22. The van der Waals surface area contributed by atoms with E-state index in [9.17, 15) is 4.79 Å². The fourth-order valence-corrected chi connectivity index (χ4v) is 1.44. The number of carbonyl (C=O) groups excluding carboxylic acids is 1. The van der Waals surface area contributed by atoms with E-state index in [0.717, 1.165) is 0 Å². The van der Waals surface area contributed by atoms with Crippen molar-refractivity contribution in [1.29, 1.82) is 0 Å². The van der Waals surface area contributed by atoms with Crippen molar-refractivity contribution >= 4 is 5.91 Å². The molecule has 2 N–H and O–H groups in total. The van der Waals surface area contributed by atoms with Crippen LogP contribution in [0.3, 0.4) is 0 Å². The summed E-state index contributed by atoms with van der Waals surface area (Å²) in [6.07, 6.45) is 0. The summed E-state index contributed by atoms with van der Waals surface area (Å²) in [6, 6.07) is 0. The number of rotatable bonds is 2. The van der Waals surface area contributed by atoms with Crippen LogP contribution in [-0.2, 0) is 9.53 Å². The van der Waals surface area contributed by atoms with Gasteiger partial charge in [0.25, 0.3) is 5.91 Å². The van der Waals surface area contributed by atoms with Crippen molar-refractivity contribution in [2.24, 2.45) is 5.73 Å². The normalized spacial score (nSPS) is 21.2. The second-order valence-electron chi connectivity index (χ2n) is 4.53. The van der Waals surface area contributed by atoms with Crippen molar-refractivity contribution in [1.82, 2.24) is 4.90 Å². The van der Waals surface area contributed by atoms with E-state index in [1.807, 2.05) is 6.92 Å². The van der Waals surface area contributed by atoms with Crippen LogP contribution in [0.15, 0.2) is 0 Å². The Morgan fingerprint density at radius 2 is 2.00 bits per heavy atom. The number of ether oxygens (including phenoxy) is 1. The van der Waals surface area contributed by atoms with Crippen molar-refractivity contribution in [3.05, 3.63) is 0 Å². The molecule has 13 heavy (non-hydrogen) atoms. The maximum atomic E-state index is 11.7. The zero-order chi connectivity index (χ0) is 10.3. The molecule has 0 aromatic heterocycles. The SMILES string of the molecule is COC(C)(C)C(=O)N1CC(C)(N)C1. The Morgan fingerprint density at radius 1 is 1.54 bits per heavy atom. The molecule has 0 spiro atoms. The summed E-state index contributed by atoms with van der Waals surface area (Å²) < 4.78 is 5.09. The van der Waals surface area contributed by atoms with Gasteiger partial charge in [0.15, 0.2) is 0 Å². The summed E-state index contributed by atoms with van der Waals surface area (Å²) in [5.41, 5.74) is 4.87. The van der Waals surface area contributed by atoms with Crippen LogP contribution >= 0.6 is 0 Å². The van der Waals surface area contributed by atoms with Gasteiger partial charge in [-0.05, 0) is 20.8 Å². The first-order chi connectivity index (χ1) is 5.78. The average molecular weight is 186 g/mol. The highest BCUT2D eigenvalue weighted by atomic mass is 16.5. The fraction of sp³-hybridized carbons (Fsp3) is 0.889. The zero-order valence-corrected chi connectivity index (χ0v) is 8.76. The molecule has 1 aliphatic heterocycles. The van der Waals surface area contributed by atoms with Crippen molar-refractivity contribution in [3.8, 4) is 0 Å². The molecule has 1 heterocycles. The van der Waals surface area contributed by atoms with E-state index >= 15 is 0 Å². The van der Waals surface area contributed by atoms with E-state index in [-0.39, 0.29) is 11.4 Å². The Morgan fingerprint density at radius 3 is 2.31 bits per heavy atom. The van der Waals surface area contributed by atoms with E-state index in [1.54, 1.807) is 25.9 Å². The maximum Gasteiger partial charge on any atom is 0.254 e. The minimum Gasteiger partial charge on any atom is -0.369 e. The van der Waals surface area contributed by atoms with Gasteiger partial charge in [0.1, 0.15) is 5.60 Å². The predicted octanol–water partition coefficient (Wildman–Crippen LogP) is -0.0290. The van der Waals surface area contributed by atoms with Crippen LogP contribution < -0.4 is 5.73 Å². The first-order valence-corrected chi connectivity index (χ1v) is 4.42. The molecule has 1 saturated heterocycles. The number of amides is 1. The van der Waals surface area contributed by atoms with E-state index in [4.69, 9.17) is 10.5 Å². The Kier molecular flexibility index (Phi) is 2.38. The molecular weight excluding hydrogens is 168 g/mol. The number of nitrogens with zero attached hydrogens (tertiary/aromatic N) is 1. The molecule has 4 nitrogen and oxygen atoms in total. The first-order valence-electron chi connectivity index (χ1n) is 4.42. The molecule has 4 heteroatoms. The largest absolute Gasteiger partial charge is 0.369 e. The third-order valence-electron chi connectivity index (χ3n) is 2.42. The quantitative estimate of drug-likeness (QED) is 0.659. The van der Waals surface area contributed by atoms with E-state index in [2.05, 4.69) is 0 Å². The molecule has 0 radical (unpaired) electrons. The summed E-state index contributed by atoms with van der Waals surface area (Å²) in [5, 5.41) is 0. The molecule has 1 aliphatic rings. The summed E-state index contributed by atoms with van der Waals surface area (Å²) in [7, 11) is 1.54. The Hall–Kier alpha value is -0.610. The second-order valence-corrected chi connectivity index (χ2v) is 4.53. The number of methoxy groups -OCH3 is 1. The minimum absolute atomic E-state index is 0.0120. The lowest BCUT2D eigenvalue weighted by Crippen LogP contribution is -2.69. The molecule has 1 amide bonds. The predicted molar refractivity (Wildman–Crippen MR) is 50.3 cm³/mol. The van der Waals surface area contributed by atoms with Gasteiger partial charge in [0.05, 0.1) is 0 Å². The van der Waals surface area contributed by atoms with Gasteiger partial charge in [-0.2, -0.15) is 0 Å². The topological polar surface area (TPSA) is 55.6 Å². The number of carbonyl (C=O) groups is 1. The minimum atomic E-state index is -0.726. The van der Waals surface area contributed by atoms with Crippen LogP contribution in [0.2, 0.25) is 0 Å². The van der Waals surface area contributed by atoms with Crippen LogP contribution in [0.1, 0.15) is 20.8 Å². The Bertz CT molecular complexity index is 216. The molecule has 0 unspecified atom stereocenters. The summed E-state index contributed by atoms with van der Waals surface area (Å²) in [5.74, 6) is 0.0120. The fourth-order valence-electron chi connectivity index (χ4n) is 1.44. The van der Waals surface area contributed by atoms with Gasteiger partial charge in [-0.1, -0.05) is 0 Å². The van der Waals surface area contributed by atoms with Crippen molar-refractivity contribution in [3.63, 3.8) is 0 Å². The molecule has 1 rings (SSSR count). The second kappa shape index (κ2) is 2.96. The van der Waals surface area contributed by atoms with Crippen LogP contribution in [0.4, 0.5) is 0 Å². The summed E-state index contributed by atoms with van der Waals surface area (Å²) in [6.45, 7) is 6.72. The zero-order valence-electron chi connectivity index (χ0n) is 8.76. The molecule has 1 fully saturated rings. The Balaban J connectivity index is 2.53. The molecule has 0 saturated carbocycles. The van der Waals surface area contributed by atoms with Crippen LogP contribution in [0.5, 0.6) is 0 Å². The van der Waals surface area contributed by atoms with Crippen molar-refractivity contribution in [2.45, 2.75) is 31.9 Å². The van der Waals surface area contributed by atoms with Gasteiger partial charge in [0, 0.05) is 25.7 Å². The van der Waals surface area contributed by atoms with Gasteiger partial charge in [-0.25, -0.2) is 0 Å². The smallest absolute Gasteiger partial charge is 0.254 e. The van der Waals surface area contributed by atoms with Gasteiger partial charge in [-0.15, -0.1) is 0 Å². The third kappa shape index (κ3) is 2.00. The highest BCUT2D eigenvalue weighted by molar-refractivity contribution is 5.85. The van der Waals surface area contributed by atoms with Crippen LogP contribution in [0.25, 0.3) is 0 Å². The summed E-state index contributed by atoms with van der Waals surface area (Å²) in [4.78, 5) is 13.4. The molecule has 0 aliphatic carbocycles. The lowest BCUT2D eigenvalue weighted by atomic mass is 9.91. The molecule has 0 aromatic carbocycles. The summed E-state index contributed by atoms with van der Waals surface area (Å²) >= 11 is 0.